The van der Waals surface area contributed by atoms with E-state index in [1.807, 2.05) is 6.92 Å². The van der Waals surface area contributed by atoms with Crippen molar-refractivity contribution >= 4 is 29.1 Å². The van der Waals surface area contributed by atoms with Gasteiger partial charge in [0.25, 0.3) is 17.4 Å². The molecule has 1 heterocycles. The van der Waals surface area contributed by atoms with E-state index in [0.29, 0.717) is 17.3 Å². The first kappa shape index (κ1) is 22.0. The van der Waals surface area contributed by atoms with Crippen LogP contribution in [0.4, 0.5) is 8.78 Å². The second kappa shape index (κ2) is 9.59. The summed E-state index contributed by atoms with van der Waals surface area (Å²) in [5, 5.41) is 6.94. The van der Waals surface area contributed by atoms with E-state index in [0.717, 1.165) is 19.3 Å². The van der Waals surface area contributed by atoms with Crippen molar-refractivity contribution in [1.29, 1.82) is 0 Å². The number of benzene rings is 1. The van der Waals surface area contributed by atoms with Crippen LogP contribution < -0.4 is 16.6 Å². The van der Waals surface area contributed by atoms with E-state index in [4.69, 9.17) is 5.73 Å². The van der Waals surface area contributed by atoms with Gasteiger partial charge >= 0.3 is 0 Å². The second-order valence-electron chi connectivity index (χ2n) is 5.87. The molecular formula is C17H23ClF2N4O2. The zero-order valence-electron chi connectivity index (χ0n) is 14.5. The summed E-state index contributed by atoms with van der Waals surface area (Å²) >= 11 is 0. The molecule has 3 N–H and O–H groups in total. The lowest BCUT2D eigenvalue weighted by Crippen LogP contribution is -2.42. The summed E-state index contributed by atoms with van der Waals surface area (Å²) in [6.45, 7) is 0.662. The fourth-order valence-corrected chi connectivity index (χ4v) is 2.43. The third-order valence-corrected chi connectivity index (χ3v) is 3.86. The number of halogens is 3. The molecule has 0 saturated carbocycles. The van der Waals surface area contributed by atoms with Crippen molar-refractivity contribution in [3.05, 3.63) is 40.3 Å². The number of alkyl halides is 2. The van der Waals surface area contributed by atoms with Gasteiger partial charge in [0, 0.05) is 11.9 Å². The largest absolute Gasteiger partial charge is 0.345 e. The SMILES string of the molecule is CCCCCn1nc(C(=O)NCC(F)(F)CN)c2ccccc2c1=O.Cl. The van der Waals surface area contributed by atoms with Gasteiger partial charge in [0.2, 0.25) is 0 Å². The Bertz CT molecular complexity index is 811. The van der Waals surface area contributed by atoms with Crippen LogP contribution in [0.5, 0.6) is 0 Å². The second-order valence-corrected chi connectivity index (χ2v) is 5.87. The molecule has 0 saturated heterocycles. The van der Waals surface area contributed by atoms with Crippen molar-refractivity contribution in [1.82, 2.24) is 15.1 Å². The third-order valence-electron chi connectivity index (χ3n) is 3.86. The lowest BCUT2D eigenvalue weighted by Gasteiger charge is -2.15. The number of carbonyl (C=O) groups excluding carboxylic acids is 1. The maximum absolute atomic E-state index is 13.3. The number of fused-ring (bicyclic) bond motifs is 1. The number of hydrogen-bond acceptors (Lipinski definition) is 4. The molecular weight excluding hydrogens is 366 g/mol. The molecule has 2 aromatic rings. The summed E-state index contributed by atoms with van der Waals surface area (Å²) < 4.78 is 27.8. The molecule has 0 atom stereocenters. The van der Waals surface area contributed by atoms with Crippen LogP contribution in [-0.4, -0.2) is 34.7 Å². The zero-order chi connectivity index (χ0) is 18.4. The van der Waals surface area contributed by atoms with E-state index in [1.54, 1.807) is 24.3 Å². The van der Waals surface area contributed by atoms with Crippen molar-refractivity contribution in [2.75, 3.05) is 13.1 Å². The monoisotopic (exact) mass is 388 g/mol. The van der Waals surface area contributed by atoms with E-state index in [2.05, 4.69) is 10.4 Å². The molecule has 26 heavy (non-hydrogen) atoms. The molecule has 0 aliphatic carbocycles. The summed E-state index contributed by atoms with van der Waals surface area (Å²) in [5.41, 5.74) is 4.63. The number of hydrogen-bond donors (Lipinski definition) is 2. The lowest BCUT2D eigenvalue weighted by molar-refractivity contribution is 0.0118. The van der Waals surface area contributed by atoms with Gasteiger partial charge < -0.3 is 11.1 Å². The number of unbranched alkanes of at least 4 members (excludes halogenated alkanes) is 2. The van der Waals surface area contributed by atoms with Gasteiger partial charge in [-0.3, -0.25) is 9.59 Å². The standard InChI is InChI=1S/C17H22F2N4O2.ClH/c1-2-3-6-9-23-16(25)13-8-5-4-7-12(13)14(22-23)15(24)21-11-17(18,19)10-20;/h4-5,7-8H,2-3,6,9-11,20H2,1H3,(H,21,24);1H. The molecule has 1 amide bonds. The molecule has 0 bridgehead atoms. The molecule has 0 unspecified atom stereocenters. The summed E-state index contributed by atoms with van der Waals surface area (Å²) in [5.74, 6) is -3.95. The quantitative estimate of drug-likeness (QED) is 0.679. The maximum atomic E-state index is 13.3. The highest BCUT2D eigenvalue weighted by Crippen LogP contribution is 2.15. The van der Waals surface area contributed by atoms with Gasteiger partial charge in [-0.05, 0) is 12.5 Å². The molecule has 1 aromatic carbocycles. The van der Waals surface area contributed by atoms with Crippen molar-refractivity contribution in [2.24, 2.45) is 5.73 Å². The average Bonchev–Trinajstić information content (AvgIpc) is 2.62. The minimum absolute atomic E-state index is 0. The molecule has 9 heteroatoms. The molecule has 0 fully saturated rings. The molecule has 2 rings (SSSR count). The lowest BCUT2D eigenvalue weighted by atomic mass is 10.1. The number of rotatable bonds is 8. The van der Waals surface area contributed by atoms with Gasteiger partial charge in [0.15, 0.2) is 5.69 Å². The summed E-state index contributed by atoms with van der Waals surface area (Å²) in [6, 6.07) is 6.53. The minimum atomic E-state index is -3.19. The first-order valence-electron chi connectivity index (χ1n) is 8.25. The first-order valence-corrected chi connectivity index (χ1v) is 8.25. The molecule has 0 aliphatic rings. The number of amides is 1. The normalized spacial score (nSPS) is 11.2. The Balaban J connectivity index is 0.00000338. The zero-order valence-corrected chi connectivity index (χ0v) is 15.3. The predicted octanol–water partition coefficient (Wildman–Crippen LogP) is 2.33. The Kier molecular flexibility index (Phi) is 8.10. The van der Waals surface area contributed by atoms with Crippen molar-refractivity contribution in [2.45, 2.75) is 38.7 Å². The van der Waals surface area contributed by atoms with Crippen LogP contribution in [0.2, 0.25) is 0 Å². The number of nitrogens with one attached hydrogen (secondary N) is 1. The Morgan fingerprint density at radius 1 is 1.27 bits per heavy atom. The molecule has 1 aromatic heterocycles. The van der Waals surface area contributed by atoms with Gasteiger partial charge in [0.05, 0.1) is 18.5 Å². The van der Waals surface area contributed by atoms with E-state index in [1.165, 1.54) is 4.68 Å². The first-order chi connectivity index (χ1) is 11.9. The van der Waals surface area contributed by atoms with Gasteiger partial charge in [-0.1, -0.05) is 38.0 Å². The molecule has 6 nitrogen and oxygen atoms in total. The summed E-state index contributed by atoms with van der Waals surface area (Å²) in [7, 11) is 0. The van der Waals surface area contributed by atoms with Crippen molar-refractivity contribution in [3.8, 4) is 0 Å². The molecule has 0 aliphatic heterocycles. The highest BCUT2D eigenvalue weighted by molar-refractivity contribution is 6.04. The summed E-state index contributed by atoms with van der Waals surface area (Å²) in [6.07, 6.45) is 2.64. The fourth-order valence-electron chi connectivity index (χ4n) is 2.43. The number of nitrogens with two attached hydrogens (primary N) is 1. The van der Waals surface area contributed by atoms with E-state index in [9.17, 15) is 18.4 Å². The third kappa shape index (κ3) is 5.22. The molecule has 144 valence electrons. The van der Waals surface area contributed by atoms with Crippen molar-refractivity contribution in [3.63, 3.8) is 0 Å². The highest BCUT2D eigenvalue weighted by Gasteiger charge is 2.28. The number of aryl methyl sites for hydroxylation is 1. The van der Waals surface area contributed by atoms with Crippen LogP contribution in [0.15, 0.2) is 29.1 Å². The Morgan fingerprint density at radius 2 is 1.92 bits per heavy atom. The van der Waals surface area contributed by atoms with Gasteiger partial charge in [-0.2, -0.15) is 5.10 Å². The van der Waals surface area contributed by atoms with Crippen LogP contribution in [0.25, 0.3) is 10.8 Å². The highest BCUT2D eigenvalue weighted by atomic mass is 35.5. The summed E-state index contributed by atoms with van der Waals surface area (Å²) in [4.78, 5) is 24.8. The van der Waals surface area contributed by atoms with Crippen LogP contribution in [0.1, 0.15) is 36.7 Å². The van der Waals surface area contributed by atoms with Gasteiger partial charge in [-0.25, -0.2) is 13.5 Å². The van der Waals surface area contributed by atoms with Gasteiger partial charge in [-0.15, -0.1) is 12.4 Å². The van der Waals surface area contributed by atoms with Crippen LogP contribution >= 0.6 is 12.4 Å². The predicted molar refractivity (Wildman–Crippen MR) is 99.1 cm³/mol. The smallest absolute Gasteiger partial charge is 0.277 e. The molecule has 0 radical (unpaired) electrons. The van der Waals surface area contributed by atoms with Crippen molar-refractivity contribution < 1.29 is 13.6 Å². The number of aromatic nitrogens is 2. The minimum Gasteiger partial charge on any atom is -0.345 e. The number of nitrogens with zero attached hydrogens (tertiary/aromatic N) is 2. The fraction of sp³-hybridized carbons (Fsp3) is 0.471. The topological polar surface area (TPSA) is 90.0 Å². The average molecular weight is 389 g/mol. The number of carbonyl (C=O) groups is 1. The van der Waals surface area contributed by atoms with Crippen LogP contribution in [0.3, 0.4) is 0 Å². The van der Waals surface area contributed by atoms with Crippen LogP contribution in [0, 0.1) is 0 Å². The molecule has 0 spiro atoms. The van der Waals surface area contributed by atoms with E-state index < -0.39 is 24.9 Å². The van der Waals surface area contributed by atoms with E-state index in [-0.39, 0.29) is 23.7 Å². The Hall–Kier alpha value is -2.06. The van der Waals surface area contributed by atoms with E-state index >= 15 is 0 Å². The van der Waals surface area contributed by atoms with Gasteiger partial charge in [0.1, 0.15) is 0 Å². The van der Waals surface area contributed by atoms with Crippen LogP contribution in [-0.2, 0) is 6.54 Å². The Morgan fingerprint density at radius 3 is 2.54 bits per heavy atom. The maximum Gasteiger partial charge on any atom is 0.277 e. The Labute approximate surface area is 156 Å².